The van der Waals surface area contributed by atoms with Gasteiger partial charge >= 0.3 is 0 Å². The summed E-state index contributed by atoms with van der Waals surface area (Å²) in [5, 5.41) is 10.5. The van der Waals surface area contributed by atoms with Crippen LogP contribution < -0.4 is 13.9 Å². The summed E-state index contributed by atoms with van der Waals surface area (Å²) >= 11 is 0. The van der Waals surface area contributed by atoms with Crippen molar-refractivity contribution in [1.82, 2.24) is 4.73 Å². The van der Waals surface area contributed by atoms with Crippen LogP contribution in [0.3, 0.4) is 0 Å². The van der Waals surface area contributed by atoms with Crippen LogP contribution in [0.1, 0.15) is 11.4 Å². The van der Waals surface area contributed by atoms with E-state index in [-0.39, 0.29) is 0 Å². The van der Waals surface area contributed by atoms with Crippen molar-refractivity contribution in [2.75, 3.05) is 14.2 Å². The minimum absolute atomic E-state index is 0.381. The Labute approximate surface area is 151 Å². The molecule has 1 aromatic heterocycles. The Balaban J connectivity index is 2.25. The summed E-state index contributed by atoms with van der Waals surface area (Å²) in [6.45, 7) is 3.41. The van der Waals surface area contributed by atoms with E-state index in [1.165, 1.54) is 0 Å². The molecule has 1 heterocycles. The largest absolute Gasteiger partial charge is 0.497 e. The summed E-state index contributed by atoms with van der Waals surface area (Å²) in [4.78, 5) is 13.2. The zero-order valence-electron chi connectivity index (χ0n) is 15.2. The number of ether oxygens (including phenoxy) is 2. The Kier molecular flexibility index (Phi) is 4.67. The van der Waals surface area contributed by atoms with Crippen molar-refractivity contribution in [3.8, 4) is 34.0 Å². The highest BCUT2D eigenvalue weighted by atomic mass is 16.5. The number of nitrogens with zero attached hydrogens (tertiary/aromatic N) is 2. The molecule has 0 unspecified atom stereocenters. The van der Waals surface area contributed by atoms with Crippen molar-refractivity contribution in [3.63, 3.8) is 0 Å². The Bertz CT molecular complexity index is 913. The number of hydrogen-bond acceptors (Lipinski definition) is 4. The molecule has 3 rings (SSSR count). The number of methoxy groups -OCH3 is 2. The van der Waals surface area contributed by atoms with Crippen LogP contribution in [0.2, 0.25) is 0 Å². The van der Waals surface area contributed by atoms with Crippen LogP contribution in [-0.4, -0.2) is 24.2 Å². The predicted molar refractivity (Wildman–Crippen MR) is 98.4 cm³/mol. The molecular formula is C20H21N2O4+. The second-order valence-electron chi connectivity index (χ2n) is 5.93. The number of aromatic nitrogens is 2. The van der Waals surface area contributed by atoms with E-state index in [9.17, 15) is 10.1 Å². The Morgan fingerprint density at radius 1 is 0.769 bits per heavy atom. The van der Waals surface area contributed by atoms with Gasteiger partial charge in [-0.1, -0.05) is 0 Å². The molecule has 6 nitrogen and oxygen atoms in total. The monoisotopic (exact) mass is 353 g/mol. The van der Waals surface area contributed by atoms with Crippen LogP contribution in [0.4, 0.5) is 0 Å². The molecule has 0 saturated heterocycles. The van der Waals surface area contributed by atoms with Crippen LogP contribution in [0, 0.1) is 18.8 Å². The molecule has 0 aliphatic carbocycles. The number of benzene rings is 2. The molecule has 3 aromatic rings. The van der Waals surface area contributed by atoms with Gasteiger partial charge in [0, 0.05) is 4.91 Å². The van der Waals surface area contributed by atoms with E-state index < -0.39 is 0 Å². The smallest absolute Gasteiger partial charge is 0.293 e. The average molecular weight is 353 g/mol. The fourth-order valence-electron chi connectivity index (χ4n) is 3.01. The molecule has 0 radical (unpaired) electrons. The standard InChI is InChI=1S/C20H21N2O4/c1-13-19(15-5-9-17(25-3)10-6-15)22(24)20(14(2)21(13)23)16-7-11-18(26-4)12-8-16/h5-12,23H,1-4H3/q+1. The highest BCUT2D eigenvalue weighted by Crippen LogP contribution is 2.27. The maximum Gasteiger partial charge on any atom is 0.293 e. The maximum atomic E-state index is 13.2. The summed E-state index contributed by atoms with van der Waals surface area (Å²) in [5.74, 6) is 1.39. The summed E-state index contributed by atoms with van der Waals surface area (Å²) < 4.78 is 12.3. The second-order valence-corrected chi connectivity index (χ2v) is 5.93. The highest BCUT2D eigenvalue weighted by molar-refractivity contribution is 5.65. The summed E-state index contributed by atoms with van der Waals surface area (Å²) in [5.41, 5.74) is 3.06. The molecule has 0 spiro atoms. The van der Waals surface area contributed by atoms with E-state index in [1.54, 1.807) is 76.6 Å². The summed E-state index contributed by atoms with van der Waals surface area (Å²) in [6, 6.07) is 14.3. The van der Waals surface area contributed by atoms with Crippen LogP contribution in [0.5, 0.6) is 11.5 Å². The average Bonchev–Trinajstić information content (AvgIpc) is 2.67. The van der Waals surface area contributed by atoms with E-state index in [0.29, 0.717) is 45.4 Å². The molecule has 0 aliphatic heterocycles. The van der Waals surface area contributed by atoms with Gasteiger partial charge in [-0.15, -0.1) is 0 Å². The van der Waals surface area contributed by atoms with Gasteiger partial charge in [0.15, 0.2) is 0 Å². The quantitative estimate of drug-likeness (QED) is 0.575. The van der Waals surface area contributed by atoms with Gasteiger partial charge in [0.2, 0.25) is 0 Å². The van der Waals surface area contributed by atoms with E-state index in [0.717, 1.165) is 9.16 Å². The maximum absolute atomic E-state index is 13.2. The molecule has 0 fully saturated rings. The van der Waals surface area contributed by atoms with Crippen LogP contribution in [0.25, 0.3) is 22.5 Å². The van der Waals surface area contributed by atoms with Crippen molar-refractivity contribution in [3.05, 3.63) is 64.8 Å². The van der Waals surface area contributed by atoms with Crippen molar-refractivity contribution in [1.29, 1.82) is 0 Å². The first kappa shape index (κ1) is 17.5. The molecule has 6 heteroatoms. The highest BCUT2D eigenvalue weighted by Gasteiger charge is 2.28. The summed E-state index contributed by atoms with van der Waals surface area (Å²) in [7, 11) is 3.17. The van der Waals surface area contributed by atoms with Gasteiger partial charge in [0.1, 0.15) is 22.9 Å². The molecule has 0 bridgehead atoms. The zero-order chi connectivity index (χ0) is 18.8. The third-order valence-corrected chi connectivity index (χ3v) is 4.45. The zero-order valence-corrected chi connectivity index (χ0v) is 15.2. The molecular weight excluding hydrogens is 332 g/mol. The topological polar surface area (TPSA) is 66.6 Å². The van der Waals surface area contributed by atoms with Gasteiger partial charge in [0.05, 0.1) is 29.8 Å². The van der Waals surface area contributed by atoms with E-state index >= 15 is 0 Å². The normalized spacial score (nSPS) is 10.6. The number of hydrogen-bond donors (Lipinski definition) is 1. The third-order valence-electron chi connectivity index (χ3n) is 4.45. The van der Waals surface area contributed by atoms with Gasteiger partial charge in [-0.25, -0.2) is 0 Å². The van der Waals surface area contributed by atoms with Crippen molar-refractivity contribution in [2.45, 2.75) is 13.8 Å². The lowest BCUT2D eigenvalue weighted by Gasteiger charge is -2.10. The lowest BCUT2D eigenvalue weighted by atomic mass is 10.1. The minimum Gasteiger partial charge on any atom is -0.497 e. The van der Waals surface area contributed by atoms with Gasteiger partial charge in [-0.05, 0) is 62.4 Å². The SMILES string of the molecule is COc1ccc(-c2c(C)n(O)c(C)c(-c3ccc(OC)cc3)[n+]2=O)cc1. The van der Waals surface area contributed by atoms with Crippen molar-refractivity contribution >= 4 is 0 Å². The molecule has 26 heavy (non-hydrogen) atoms. The fraction of sp³-hybridized carbons (Fsp3) is 0.200. The first-order valence-corrected chi connectivity index (χ1v) is 8.14. The first-order valence-electron chi connectivity index (χ1n) is 8.14. The van der Waals surface area contributed by atoms with E-state index in [1.807, 2.05) is 0 Å². The Hall–Kier alpha value is -3.28. The predicted octanol–water partition coefficient (Wildman–Crippen LogP) is 3.61. The fourth-order valence-corrected chi connectivity index (χ4v) is 3.01. The van der Waals surface area contributed by atoms with Gasteiger partial charge in [-0.3, -0.25) is 0 Å². The summed E-state index contributed by atoms with van der Waals surface area (Å²) in [6.07, 6.45) is 0. The lowest BCUT2D eigenvalue weighted by molar-refractivity contribution is -0.472. The van der Waals surface area contributed by atoms with Gasteiger partial charge in [0.25, 0.3) is 11.4 Å². The molecule has 0 atom stereocenters. The molecule has 134 valence electrons. The van der Waals surface area contributed by atoms with Gasteiger partial charge < -0.3 is 14.7 Å². The van der Waals surface area contributed by atoms with E-state index in [4.69, 9.17) is 9.47 Å². The van der Waals surface area contributed by atoms with E-state index in [2.05, 4.69) is 0 Å². The lowest BCUT2D eigenvalue weighted by Crippen LogP contribution is -2.28. The molecule has 0 amide bonds. The molecule has 0 saturated carbocycles. The second kappa shape index (κ2) is 6.92. The van der Waals surface area contributed by atoms with Crippen LogP contribution in [0.15, 0.2) is 48.5 Å². The molecule has 0 aliphatic rings. The number of rotatable bonds is 4. The van der Waals surface area contributed by atoms with Crippen LogP contribution >= 0.6 is 0 Å². The van der Waals surface area contributed by atoms with Crippen molar-refractivity contribution < 1.29 is 19.1 Å². The Morgan fingerprint density at radius 3 is 1.42 bits per heavy atom. The Morgan fingerprint density at radius 2 is 1.12 bits per heavy atom. The first-order chi connectivity index (χ1) is 12.5. The minimum atomic E-state index is 0.381. The van der Waals surface area contributed by atoms with Gasteiger partial charge in [-0.2, -0.15) is 4.73 Å². The third kappa shape index (κ3) is 2.90. The van der Waals surface area contributed by atoms with Crippen molar-refractivity contribution in [2.24, 2.45) is 0 Å². The molecule has 2 aromatic carbocycles. The molecule has 1 N–H and O–H groups in total. The van der Waals surface area contributed by atoms with Crippen LogP contribution in [-0.2, 0) is 0 Å².